The van der Waals surface area contributed by atoms with Gasteiger partial charge in [-0.1, -0.05) is 0 Å². The van der Waals surface area contributed by atoms with E-state index in [4.69, 9.17) is 0 Å². The number of aromatic nitrogens is 2. The number of thiophene rings is 1. The number of rotatable bonds is 2. The van der Waals surface area contributed by atoms with Gasteiger partial charge in [-0.3, -0.25) is 4.79 Å². The monoisotopic (exact) mass is 329 g/mol. The van der Waals surface area contributed by atoms with E-state index in [0.29, 0.717) is 6.04 Å². The van der Waals surface area contributed by atoms with Crippen molar-refractivity contribution in [1.29, 1.82) is 0 Å². The van der Waals surface area contributed by atoms with Crippen LogP contribution in [-0.4, -0.2) is 33.4 Å². The van der Waals surface area contributed by atoms with Gasteiger partial charge in [0, 0.05) is 35.7 Å². The summed E-state index contributed by atoms with van der Waals surface area (Å²) in [6.45, 7) is 3.73. The Morgan fingerprint density at radius 3 is 3.00 bits per heavy atom. The van der Waals surface area contributed by atoms with Crippen molar-refractivity contribution in [3.63, 3.8) is 0 Å². The average Bonchev–Trinajstić information content (AvgIpc) is 3.20. The smallest absolute Gasteiger partial charge is 0.255 e. The molecule has 5 heteroatoms. The molecular formula is C18H23N3OS. The molecule has 1 saturated heterocycles. The number of hydrogen-bond acceptors (Lipinski definition) is 3. The third-order valence-corrected chi connectivity index (χ3v) is 6.32. The van der Waals surface area contributed by atoms with E-state index in [9.17, 15) is 4.79 Å². The average molecular weight is 329 g/mol. The molecule has 4 nitrogen and oxygen atoms in total. The molecule has 1 aliphatic heterocycles. The topological polar surface area (TPSA) is 38.1 Å². The number of likely N-dealkylation sites (tertiary alicyclic amines) is 1. The summed E-state index contributed by atoms with van der Waals surface area (Å²) in [6.07, 6.45) is 10.8. The van der Waals surface area contributed by atoms with Crippen molar-refractivity contribution in [2.24, 2.45) is 0 Å². The van der Waals surface area contributed by atoms with Crippen LogP contribution in [0, 0.1) is 6.92 Å². The summed E-state index contributed by atoms with van der Waals surface area (Å²) in [4.78, 5) is 20.9. The van der Waals surface area contributed by atoms with Gasteiger partial charge in [0.15, 0.2) is 0 Å². The van der Waals surface area contributed by atoms with Crippen LogP contribution in [0.4, 0.5) is 0 Å². The molecule has 0 unspecified atom stereocenters. The third kappa shape index (κ3) is 2.71. The second kappa shape index (κ2) is 6.11. The first-order valence-electron chi connectivity index (χ1n) is 8.62. The van der Waals surface area contributed by atoms with Gasteiger partial charge in [0.2, 0.25) is 0 Å². The lowest BCUT2D eigenvalue weighted by molar-refractivity contribution is 0.0677. The Morgan fingerprint density at radius 2 is 2.17 bits per heavy atom. The molecular weight excluding hydrogens is 306 g/mol. The van der Waals surface area contributed by atoms with E-state index in [1.807, 2.05) is 19.3 Å². The molecule has 0 aromatic carbocycles. The fraction of sp³-hybridized carbons (Fsp3) is 0.556. The summed E-state index contributed by atoms with van der Waals surface area (Å²) >= 11 is 1.78. The Labute approximate surface area is 141 Å². The first kappa shape index (κ1) is 14.9. The van der Waals surface area contributed by atoms with Crippen LogP contribution < -0.4 is 0 Å². The quantitative estimate of drug-likeness (QED) is 0.844. The fourth-order valence-electron chi connectivity index (χ4n) is 3.98. The maximum atomic E-state index is 13.0. The first-order chi connectivity index (χ1) is 11.2. The minimum absolute atomic E-state index is 0.242. The van der Waals surface area contributed by atoms with Gasteiger partial charge in [0.05, 0.1) is 11.6 Å². The number of aryl methyl sites for hydroxylation is 2. The number of imidazole rings is 1. The largest absolute Gasteiger partial charge is 0.337 e. The summed E-state index contributed by atoms with van der Waals surface area (Å²) in [6, 6.07) is 0.365. The minimum atomic E-state index is 0.242. The highest BCUT2D eigenvalue weighted by Crippen LogP contribution is 2.32. The fourth-order valence-corrected chi connectivity index (χ4v) is 5.10. The van der Waals surface area contributed by atoms with Crippen LogP contribution >= 0.6 is 11.3 Å². The van der Waals surface area contributed by atoms with Gasteiger partial charge >= 0.3 is 0 Å². The van der Waals surface area contributed by atoms with E-state index < -0.39 is 0 Å². The molecule has 1 fully saturated rings. The molecule has 0 saturated carbocycles. The summed E-state index contributed by atoms with van der Waals surface area (Å²) in [5, 5.41) is 2.10. The molecule has 2 aliphatic rings. The molecule has 4 rings (SSSR count). The maximum Gasteiger partial charge on any atom is 0.255 e. The lowest BCUT2D eigenvalue weighted by Crippen LogP contribution is -2.41. The van der Waals surface area contributed by atoms with Gasteiger partial charge in [-0.15, -0.1) is 11.3 Å². The van der Waals surface area contributed by atoms with Gasteiger partial charge in [-0.25, -0.2) is 4.98 Å². The Balaban J connectivity index is 1.54. The lowest BCUT2D eigenvalue weighted by Gasteiger charge is -2.34. The first-order valence-corrected chi connectivity index (χ1v) is 9.50. The van der Waals surface area contributed by atoms with Crippen LogP contribution in [0.1, 0.15) is 58.3 Å². The second-order valence-corrected chi connectivity index (χ2v) is 7.65. The number of fused-ring (bicyclic) bond motifs is 1. The van der Waals surface area contributed by atoms with E-state index in [1.165, 1.54) is 23.3 Å². The number of carbonyl (C=O) groups excluding carboxylic acids is 1. The van der Waals surface area contributed by atoms with Crippen LogP contribution in [0.3, 0.4) is 0 Å². The third-order valence-electron chi connectivity index (χ3n) is 5.23. The Morgan fingerprint density at radius 1 is 1.30 bits per heavy atom. The molecule has 0 spiro atoms. The van der Waals surface area contributed by atoms with Crippen LogP contribution in [0.2, 0.25) is 0 Å². The highest BCUT2D eigenvalue weighted by Gasteiger charge is 2.29. The molecule has 1 amide bonds. The number of hydrogen-bond donors (Lipinski definition) is 0. The van der Waals surface area contributed by atoms with Crippen molar-refractivity contribution in [3.05, 3.63) is 39.6 Å². The van der Waals surface area contributed by atoms with E-state index in [2.05, 4.69) is 19.8 Å². The van der Waals surface area contributed by atoms with E-state index in [-0.39, 0.29) is 5.91 Å². The van der Waals surface area contributed by atoms with Crippen molar-refractivity contribution in [3.8, 4) is 0 Å². The molecule has 2 aromatic heterocycles. The number of piperidine rings is 1. The van der Waals surface area contributed by atoms with Gasteiger partial charge in [0.25, 0.3) is 5.91 Å². The van der Waals surface area contributed by atoms with Crippen molar-refractivity contribution in [1.82, 2.24) is 14.5 Å². The van der Waals surface area contributed by atoms with Crippen molar-refractivity contribution in [2.45, 2.75) is 51.5 Å². The Kier molecular flexibility index (Phi) is 3.97. The number of nitrogens with zero attached hydrogens (tertiary/aromatic N) is 3. The molecule has 0 bridgehead atoms. The van der Waals surface area contributed by atoms with Gasteiger partial charge in [-0.2, -0.15) is 0 Å². The lowest BCUT2D eigenvalue weighted by atomic mass is 9.95. The van der Waals surface area contributed by atoms with Crippen molar-refractivity contribution in [2.75, 3.05) is 13.1 Å². The predicted molar refractivity (Wildman–Crippen MR) is 92.1 cm³/mol. The van der Waals surface area contributed by atoms with E-state index >= 15 is 0 Å². The maximum absolute atomic E-state index is 13.0. The highest BCUT2D eigenvalue weighted by molar-refractivity contribution is 7.10. The molecule has 0 radical (unpaired) electrons. The van der Waals surface area contributed by atoms with Crippen LogP contribution in [0.25, 0.3) is 0 Å². The highest BCUT2D eigenvalue weighted by atomic mass is 32.1. The standard InChI is InChI=1S/C18H23N3OS/c1-13-19-8-10-21(13)14-5-4-9-20(11-14)18(22)16-12-23-17-7-3-2-6-15(16)17/h8,10,12,14H,2-7,9,11H2,1H3/t14-/m0/s1. The molecule has 23 heavy (non-hydrogen) atoms. The summed E-state index contributed by atoms with van der Waals surface area (Å²) in [5.74, 6) is 1.28. The van der Waals surface area contributed by atoms with Gasteiger partial charge in [0.1, 0.15) is 5.82 Å². The zero-order valence-corrected chi connectivity index (χ0v) is 14.4. The number of amides is 1. The zero-order valence-electron chi connectivity index (χ0n) is 13.6. The number of carbonyl (C=O) groups is 1. The summed E-state index contributed by atoms with van der Waals surface area (Å²) < 4.78 is 2.22. The van der Waals surface area contributed by atoms with Crippen LogP contribution in [0.15, 0.2) is 17.8 Å². The minimum Gasteiger partial charge on any atom is -0.337 e. The second-order valence-electron chi connectivity index (χ2n) is 6.69. The van der Waals surface area contributed by atoms with Gasteiger partial charge < -0.3 is 9.47 Å². The van der Waals surface area contributed by atoms with E-state index in [1.54, 1.807) is 11.3 Å². The van der Waals surface area contributed by atoms with Crippen molar-refractivity contribution < 1.29 is 4.79 Å². The van der Waals surface area contributed by atoms with Crippen LogP contribution in [-0.2, 0) is 12.8 Å². The molecule has 0 N–H and O–H groups in total. The Hall–Kier alpha value is -1.62. The molecule has 122 valence electrons. The molecule has 1 aliphatic carbocycles. The zero-order chi connectivity index (χ0) is 15.8. The normalized spacial score (nSPS) is 21.3. The summed E-state index contributed by atoms with van der Waals surface area (Å²) in [7, 11) is 0. The van der Waals surface area contributed by atoms with Crippen molar-refractivity contribution >= 4 is 17.2 Å². The molecule has 1 atom stereocenters. The summed E-state index contributed by atoms with van der Waals surface area (Å²) in [5.41, 5.74) is 2.32. The van der Waals surface area contributed by atoms with Gasteiger partial charge in [-0.05, 0) is 51.0 Å². The molecule has 3 heterocycles. The van der Waals surface area contributed by atoms with Crippen LogP contribution in [0.5, 0.6) is 0 Å². The predicted octanol–water partition coefficient (Wildman–Crippen LogP) is 3.61. The molecule has 2 aromatic rings. The SMILES string of the molecule is Cc1nccn1[C@H]1CCCN(C(=O)c2csc3c2CCCC3)C1. The Bertz CT molecular complexity index is 718. The van der Waals surface area contributed by atoms with E-state index in [0.717, 1.165) is 50.2 Å².